The summed E-state index contributed by atoms with van der Waals surface area (Å²) in [5.41, 5.74) is 2.47. The monoisotopic (exact) mass is 532 g/mol. The third-order valence-corrected chi connectivity index (χ3v) is 6.89. The van der Waals surface area contributed by atoms with E-state index in [0.717, 1.165) is 32.1 Å². The van der Waals surface area contributed by atoms with Gasteiger partial charge < -0.3 is 18.9 Å². The van der Waals surface area contributed by atoms with Crippen molar-refractivity contribution in [2.45, 2.75) is 25.6 Å². The van der Waals surface area contributed by atoms with E-state index in [9.17, 15) is 4.79 Å². The third kappa shape index (κ3) is 4.46. The fourth-order valence-corrected chi connectivity index (χ4v) is 5.00. The van der Waals surface area contributed by atoms with Gasteiger partial charge in [-0.1, -0.05) is 42.5 Å². The van der Waals surface area contributed by atoms with Crippen molar-refractivity contribution in [3.63, 3.8) is 0 Å². The molecule has 0 saturated heterocycles. The van der Waals surface area contributed by atoms with Crippen LogP contribution in [-0.4, -0.2) is 20.0 Å². The van der Waals surface area contributed by atoms with E-state index in [1.807, 2.05) is 72.8 Å². The minimum atomic E-state index is -0.319. The topological polar surface area (TPSA) is 54.0 Å². The maximum atomic E-state index is 13.0. The molecule has 6 heteroatoms. The Morgan fingerprint density at radius 2 is 1.63 bits per heavy atom. The predicted molar refractivity (Wildman–Crippen MR) is 139 cm³/mol. The van der Waals surface area contributed by atoms with Gasteiger partial charge in [0.25, 0.3) is 0 Å². The molecular formula is C29H25BrO5. The van der Waals surface area contributed by atoms with Crippen LogP contribution in [0.1, 0.15) is 40.4 Å². The molecule has 0 aliphatic heterocycles. The molecule has 0 bridgehead atoms. The second-order valence-electron chi connectivity index (χ2n) is 8.33. The summed E-state index contributed by atoms with van der Waals surface area (Å²) in [7, 11) is 3.28. The maximum Gasteiger partial charge on any atom is 0.167 e. The lowest BCUT2D eigenvalue weighted by molar-refractivity contribution is 0.0914. The summed E-state index contributed by atoms with van der Waals surface area (Å²) in [5.74, 6) is 2.72. The molecule has 0 aromatic heterocycles. The van der Waals surface area contributed by atoms with Crippen LogP contribution in [0.4, 0.5) is 0 Å². The molecule has 0 heterocycles. The normalized spacial score (nSPS) is 14.9. The number of ketones is 1. The molecule has 5 rings (SSSR count). The van der Waals surface area contributed by atoms with Gasteiger partial charge in [-0.05, 0) is 58.2 Å². The lowest BCUT2D eigenvalue weighted by Crippen LogP contribution is -2.21. The molecule has 0 amide bonds. The molecule has 0 saturated carbocycles. The molecule has 1 aliphatic rings. The highest BCUT2D eigenvalue weighted by atomic mass is 79.9. The largest absolute Gasteiger partial charge is 0.496 e. The van der Waals surface area contributed by atoms with Crippen LogP contribution in [-0.2, 0) is 6.61 Å². The van der Waals surface area contributed by atoms with Gasteiger partial charge in [-0.15, -0.1) is 0 Å². The first kappa shape index (κ1) is 23.2. The Hall–Kier alpha value is -3.51. The van der Waals surface area contributed by atoms with Gasteiger partial charge in [-0.3, -0.25) is 4.79 Å². The van der Waals surface area contributed by atoms with Crippen molar-refractivity contribution in [3.8, 4) is 23.0 Å². The molecule has 1 atom stereocenters. The van der Waals surface area contributed by atoms with E-state index >= 15 is 0 Å². The zero-order valence-electron chi connectivity index (χ0n) is 19.5. The summed E-state index contributed by atoms with van der Waals surface area (Å²) < 4.78 is 24.8. The van der Waals surface area contributed by atoms with Gasteiger partial charge in [0.1, 0.15) is 35.7 Å². The van der Waals surface area contributed by atoms with Crippen LogP contribution in [0.2, 0.25) is 0 Å². The number of rotatable bonds is 7. The molecule has 35 heavy (non-hydrogen) atoms. The van der Waals surface area contributed by atoms with Gasteiger partial charge >= 0.3 is 0 Å². The van der Waals surface area contributed by atoms with Crippen LogP contribution in [0.15, 0.2) is 77.3 Å². The molecule has 178 valence electrons. The molecule has 0 spiro atoms. The molecule has 4 aromatic rings. The SMILES string of the molecule is COc1ccc(OC)c2c(O[C@H]3CCC(=O)c4c(OCc5ccccc5)cccc43)c(Br)ccc12. The highest BCUT2D eigenvalue weighted by Crippen LogP contribution is 2.46. The van der Waals surface area contributed by atoms with Crippen molar-refractivity contribution in [1.82, 2.24) is 0 Å². The van der Waals surface area contributed by atoms with Gasteiger partial charge in [0.15, 0.2) is 5.78 Å². The minimum Gasteiger partial charge on any atom is -0.496 e. The molecule has 5 nitrogen and oxygen atoms in total. The molecule has 1 aliphatic carbocycles. The fraction of sp³-hybridized carbons (Fsp3) is 0.207. The summed E-state index contributed by atoms with van der Waals surface area (Å²) in [6.45, 7) is 0.391. The van der Waals surface area contributed by atoms with Crippen LogP contribution in [0, 0.1) is 0 Å². The molecule has 0 unspecified atom stereocenters. The molecule has 0 fully saturated rings. The number of methoxy groups -OCH3 is 2. The predicted octanol–water partition coefficient (Wildman–Crippen LogP) is 7.30. The van der Waals surface area contributed by atoms with Gasteiger partial charge in [-0.2, -0.15) is 0 Å². The van der Waals surface area contributed by atoms with E-state index in [4.69, 9.17) is 18.9 Å². The standard InChI is InChI=1S/C29H25BrO5/c1-32-23-15-16-25(33-2)28-20(23)11-12-21(30)29(28)35-24-14-13-22(31)27-19(24)9-6-10-26(27)34-17-18-7-4-3-5-8-18/h3-12,15-16,24H,13-14,17H2,1-2H3/t24-/m0/s1. The van der Waals surface area contributed by atoms with Crippen molar-refractivity contribution in [3.05, 3.63) is 94.0 Å². The van der Waals surface area contributed by atoms with E-state index in [0.29, 0.717) is 42.3 Å². The van der Waals surface area contributed by atoms with Gasteiger partial charge in [0, 0.05) is 17.4 Å². The van der Waals surface area contributed by atoms with E-state index in [1.165, 1.54) is 0 Å². The van der Waals surface area contributed by atoms with Crippen LogP contribution < -0.4 is 18.9 Å². The third-order valence-electron chi connectivity index (χ3n) is 6.26. The Balaban J connectivity index is 1.54. The lowest BCUT2D eigenvalue weighted by Gasteiger charge is -2.28. The van der Waals surface area contributed by atoms with E-state index < -0.39 is 0 Å². The van der Waals surface area contributed by atoms with Gasteiger partial charge in [-0.25, -0.2) is 0 Å². The second kappa shape index (κ2) is 10.0. The smallest absolute Gasteiger partial charge is 0.167 e. The van der Waals surface area contributed by atoms with E-state index in [1.54, 1.807) is 14.2 Å². The summed E-state index contributed by atoms with van der Waals surface area (Å²) in [4.78, 5) is 13.0. The number of hydrogen-bond donors (Lipinski definition) is 0. The summed E-state index contributed by atoms with van der Waals surface area (Å²) >= 11 is 3.66. The van der Waals surface area contributed by atoms with Crippen molar-refractivity contribution < 1.29 is 23.7 Å². The molecule has 0 N–H and O–H groups in total. The van der Waals surface area contributed by atoms with Crippen LogP contribution in [0.25, 0.3) is 10.8 Å². The number of ether oxygens (including phenoxy) is 4. The number of carbonyl (C=O) groups is 1. The Bertz CT molecular complexity index is 1380. The summed E-state index contributed by atoms with van der Waals surface area (Å²) in [5, 5.41) is 1.70. The fourth-order valence-electron chi connectivity index (χ4n) is 4.57. The first-order valence-corrected chi connectivity index (χ1v) is 12.2. The van der Waals surface area contributed by atoms with Gasteiger partial charge in [0.05, 0.1) is 29.6 Å². The van der Waals surface area contributed by atoms with Crippen LogP contribution in [0.3, 0.4) is 0 Å². The maximum absolute atomic E-state index is 13.0. The average Bonchev–Trinajstić information content (AvgIpc) is 2.90. The van der Waals surface area contributed by atoms with Crippen molar-refractivity contribution >= 4 is 32.5 Å². The van der Waals surface area contributed by atoms with Crippen molar-refractivity contribution in [1.29, 1.82) is 0 Å². The number of hydrogen-bond acceptors (Lipinski definition) is 5. The molecule has 0 radical (unpaired) electrons. The summed E-state index contributed by atoms with van der Waals surface area (Å²) in [6, 6.07) is 23.3. The number of halogens is 1. The van der Waals surface area contributed by atoms with E-state index in [-0.39, 0.29) is 11.9 Å². The number of Topliss-reactive ketones (excluding diaryl/α,β-unsaturated/α-hetero) is 1. The molecule has 4 aromatic carbocycles. The quantitative estimate of drug-likeness (QED) is 0.250. The van der Waals surface area contributed by atoms with Crippen LogP contribution in [0.5, 0.6) is 23.0 Å². The average molecular weight is 533 g/mol. The lowest BCUT2D eigenvalue weighted by atomic mass is 9.87. The highest BCUT2D eigenvalue weighted by Gasteiger charge is 2.31. The zero-order valence-corrected chi connectivity index (χ0v) is 21.1. The van der Waals surface area contributed by atoms with Crippen molar-refractivity contribution in [2.75, 3.05) is 14.2 Å². The zero-order chi connectivity index (χ0) is 24.4. The number of benzene rings is 4. The van der Waals surface area contributed by atoms with Crippen molar-refractivity contribution in [2.24, 2.45) is 0 Å². The number of carbonyl (C=O) groups excluding carboxylic acids is 1. The van der Waals surface area contributed by atoms with Gasteiger partial charge in [0.2, 0.25) is 0 Å². The molecular weight excluding hydrogens is 508 g/mol. The Kier molecular flexibility index (Phi) is 6.64. The Morgan fingerprint density at radius 3 is 2.40 bits per heavy atom. The van der Waals surface area contributed by atoms with Crippen LogP contribution >= 0.6 is 15.9 Å². The minimum absolute atomic E-state index is 0.0692. The summed E-state index contributed by atoms with van der Waals surface area (Å²) in [6.07, 6.45) is 0.635. The highest BCUT2D eigenvalue weighted by molar-refractivity contribution is 9.10. The number of fused-ring (bicyclic) bond motifs is 2. The first-order valence-electron chi connectivity index (χ1n) is 11.4. The Labute approximate surface area is 212 Å². The first-order chi connectivity index (χ1) is 17.1. The Morgan fingerprint density at radius 1 is 0.857 bits per heavy atom. The van der Waals surface area contributed by atoms with E-state index in [2.05, 4.69) is 15.9 Å². The second-order valence-corrected chi connectivity index (χ2v) is 9.19.